The molecule has 0 radical (unpaired) electrons. The van der Waals surface area contributed by atoms with Crippen molar-refractivity contribution in [2.24, 2.45) is 0 Å². The van der Waals surface area contributed by atoms with Crippen LogP contribution in [0, 0.1) is 6.92 Å². The minimum absolute atomic E-state index is 0.0757. The molecule has 2 heterocycles. The number of ether oxygens (including phenoxy) is 1. The summed E-state index contributed by atoms with van der Waals surface area (Å²) in [6.45, 7) is 7.64. The fraction of sp³-hybridized carbons (Fsp3) is 0.263. The van der Waals surface area contributed by atoms with Crippen molar-refractivity contribution in [3.63, 3.8) is 0 Å². The lowest BCUT2D eigenvalue weighted by atomic mass is 10.0. The Morgan fingerprint density at radius 3 is 2.79 bits per heavy atom. The highest BCUT2D eigenvalue weighted by molar-refractivity contribution is 5.83. The number of aromatic nitrogens is 3. The number of hydrogen-bond acceptors (Lipinski definition) is 3. The first-order valence-corrected chi connectivity index (χ1v) is 7.99. The van der Waals surface area contributed by atoms with Gasteiger partial charge in [0.1, 0.15) is 5.75 Å². The number of allylic oxidation sites excluding steroid dienone is 1. The second-order valence-electron chi connectivity index (χ2n) is 5.65. The third-order valence-corrected chi connectivity index (χ3v) is 4.23. The maximum absolute atomic E-state index is 12.8. The van der Waals surface area contributed by atoms with E-state index in [9.17, 15) is 4.79 Å². The van der Waals surface area contributed by atoms with Crippen molar-refractivity contribution >= 4 is 5.65 Å². The first kappa shape index (κ1) is 16.1. The number of hydrogen-bond donors (Lipinski definition) is 1. The van der Waals surface area contributed by atoms with Crippen LogP contribution in [-0.4, -0.2) is 21.7 Å². The minimum Gasteiger partial charge on any atom is -0.496 e. The van der Waals surface area contributed by atoms with E-state index in [1.54, 1.807) is 13.2 Å². The SMILES string of the molecule is C=CCc1c(C)nc2c(-c3ccccc3OC)c(CC)[nH]n2c1=O. The van der Waals surface area contributed by atoms with Crippen molar-refractivity contribution in [1.82, 2.24) is 14.6 Å². The number of nitrogens with one attached hydrogen (secondary N) is 1. The summed E-state index contributed by atoms with van der Waals surface area (Å²) in [5.74, 6) is 0.760. The largest absolute Gasteiger partial charge is 0.496 e. The lowest BCUT2D eigenvalue weighted by molar-refractivity contribution is 0.416. The van der Waals surface area contributed by atoms with Crippen LogP contribution in [0.15, 0.2) is 41.7 Å². The molecule has 0 atom stereocenters. The van der Waals surface area contributed by atoms with Crippen molar-refractivity contribution in [2.45, 2.75) is 26.7 Å². The molecule has 5 heteroatoms. The van der Waals surface area contributed by atoms with E-state index in [0.717, 1.165) is 34.7 Å². The van der Waals surface area contributed by atoms with E-state index in [1.807, 2.05) is 38.1 Å². The number of aromatic amines is 1. The number of para-hydroxylation sites is 1. The molecule has 1 N–H and O–H groups in total. The van der Waals surface area contributed by atoms with E-state index < -0.39 is 0 Å². The second kappa shape index (κ2) is 6.35. The van der Waals surface area contributed by atoms with Crippen LogP contribution in [0.2, 0.25) is 0 Å². The molecule has 124 valence electrons. The van der Waals surface area contributed by atoms with Gasteiger partial charge in [0.15, 0.2) is 5.65 Å². The zero-order valence-electron chi connectivity index (χ0n) is 14.2. The average Bonchev–Trinajstić information content (AvgIpc) is 2.97. The van der Waals surface area contributed by atoms with Gasteiger partial charge in [-0.05, 0) is 25.8 Å². The quantitative estimate of drug-likeness (QED) is 0.733. The summed E-state index contributed by atoms with van der Waals surface area (Å²) in [5, 5.41) is 3.21. The van der Waals surface area contributed by atoms with Gasteiger partial charge in [0.25, 0.3) is 5.56 Å². The van der Waals surface area contributed by atoms with Crippen LogP contribution < -0.4 is 10.3 Å². The first-order chi connectivity index (χ1) is 11.6. The summed E-state index contributed by atoms with van der Waals surface area (Å²) >= 11 is 0. The molecule has 0 unspecified atom stereocenters. The molecule has 0 fully saturated rings. The number of aryl methyl sites for hydroxylation is 2. The maximum Gasteiger partial charge on any atom is 0.276 e. The van der Waals surface area contributed by atoms with Gasteiger partial charge in [-0.1, -0.05) is 31.2 Å². The topological polar surface area (TPSA) is 59.4 Å². The van der Waals surface area contributed by atoms with Gasteiger partial charge in [0.2, 0.25) is 0 Å². The van der Waals surface area contributed by atoms with Crippen LogP contribution >= 0.6 is 0 Å². The molecular formula is C19H21N3O2. The fourth-order valence-corrected chi connectivity index (χ4v) is 3.03. The normalized spacial score (nSPS) is 11.0. The summed E-state index contributed by atoms with van der Waals surface area (Å²) in [4.78, 5) is 17.5. The average molecular weight is 323 g/mol. The first-order valence-electron chi connectivity index (χ1n) is 7.99. The van der Waals surface area contributed by atoms with Crippen LogP contribution in [0.3, 0.4) is 0 Å². The van der Waals surface area contributed by atoms with Gasteiger partial charge < -0.3 is 4.74 Å². The fourth-order valence-electron chi connectivity index (χ4n) is 3.03. The molecule has 5 nitrogen and oxygen atoms in total. The van der Waals surface area contributed by atoms with Crippen molar-refractivity contribution in [1.29, 1.82) is 0 Å². The highest BCUT2D eigenvalue weighted by Crippen LogP contribution is 2.34. The monoisotopic (exact) mass is 323 g/mol. The van der Waals surface area contributed by atoms with E-state index in [4.69, 9.17) is 9.72 Å². The van der Waals surface area contributed by atoms with Crippen molar-refractivity contribution in [3.8, 4) is 16.9 Å². The molecular weight excluding hydrogens is 302 g/mol. The Kier molecular flexibility index (Phi) is 4.25. The lowest BCUT2D eigenvalue weighted by Crippen LogP contribution is -2.21. The van der Waals surface area contributed by atoms with E-state index in [2.05, 4.69) is 11.7 Å². The number of rotatable bonds is 5. The molecule has 0 aliphatic rings. The molecule has 0 bridgehead atoms. The van der Waals surface area contributed by atoms with Gasteiger partial charge in [-0.15, -0.1) is 6.58 Å². The molecule has 3 rings (SSSR count). The van der Waals surface area contributed by atoms with Crippen molar-refractivity contribution in [3.05, 3.63) is 64.2 Å². The lowest BCUT2D eigenvalue weighted by Gasteiger charge is -2.09. The number of fused-ring (bicyclic) bond motifs is 1. The molecule has 0 amide bonds. The van der Waals surface area contributed by atoms with Crippen molar-refractivity contribution in [2.75, 3.05) is 7.11 Å². The molecule has 0 saturated carbocycles. The summed E-state index contributed by atoms with van der Waals surface area (Å²) in [5.41, 5.74) is 4.76. The van der Waals surface area contributed by atoms with Crippen LogP contribution in [0.4, 0.5) is 0 Å². The van der Waals surface area contributed by atoms with E-state index in [1.165, 1.54) is 4.52 Å². The number of H-pyrrole nitrogens is 1. The zero-order chi connectivity index (χ0) is 17.3. The highest BCUT2D eigenvalue weighted by Gasteiger charge is 2.20. The summed E-state index contributed by atoms with van der Waals surface area (Å²) in [6, 6.07) is 7.78. The minimum atomic E-state index is -0.0757. The number of nitrogens with zero attached hydrogens (tertiary/aromatic N) is 2. The van der Waals surface area contributed by atoms with Crippen LogP contribution in [0.25, 0.3) is 16.8 Å². The Bertz CT molecular complexity index is 967. The summed E-state index contributed by atoms with van der Waals surface area (Å²) in [6.07, 6.45) is 2.99. The Hall–Kier alpha value is -2.82. The van der Waals surface area contributed by atoms with E-state index >= 15 is 0 Å². The molecule has 0 saturated heterocycles. The molecule has 24 heavy (non-hydrogen) atoms. The summed E-state index contributed by atoms with van der Waals surface area (Å²) in [7, 11) is 1.65. The Labute approximate surface area is 140 Å². The Balaban J connectivity index is 2.40. The predicted molar refractivity (Wildman–Crippen MR) is 95.8 cm³/mol. The van der Waals surface area contributed by atoms with Crippen LogP contribution in [-0.2, 0) is 12.8 Å². The summed E-state index contributed by atoms with van der Waals surface area (Å²) < 4.78 is 7.03. The Morgan fingerprint density at radius 1 is 1.38 bits per heavy atom. The van der Waals surface area contributed by atoms with E-state index in [0.29, 0.717) is 17.6 Å². The molecule has 3 aromatic rings. The molecule has 0 aliphatic heterocycles. The maximum atomic E-state index is 12.8. The smallest absolute Gasteiger partial charge is 0.276 e. The Morgan fingerprint density at radius 2 is 2.12 bits per heavy atom. The van der Waals surface area contributed by atoms with Crippen LogP contribution in [0.5, 0.6) is 5.75 Å². The van der Waals surface area contributed by atoms with Gasteiger partial charge in [-0.3, -0.25) is 9.89 Å². The molecule has 2 aromatic heterocycles. The predicted octanol–water partition coefficient (Wildman–Crippen LogP) is 3.30. The molecule has 0 spiro atoms. The molecule has 1 aromatic carbocycles. The van der Waals surface area contributed by atoms with Gasteiger partial charge in [-0.25, -0.2) is 9.50 Å². The van der Waals surface area contributed by atoms with Gasteiger partial charge in [0, 0.05) is 22.5 Å². The van der Waals surface area contributed by atoms with E-state index in [-0.39, 0.29) is 5.56 Å². The zero-order valence-corrected chi connectivity index (χ0v) is 14.2. The van der Waals surface area contributed by atoms with Crippen molar-refractivity contribution < 1.29 is 4.74 Å². The van der Waals surface area contributed by atoms with Crippen LogP contribution in [0.1, 0.15) is 23.9 Å². The number of benzene rings is 1. The highest BCUT2D eigenvalue weighted by atomic mass is 16.5. The van der Waals surface area contributed by atoms with Gasteiger partial charge in [0.05, 0.1) is 12.7 Å². The second-order valence-corrected chi connectivity index (χ2v) is 5.65. The molecule has 0 aliphatic carbocycles. The number of methoxy groups -OCH3 is 1. The van der Waals surface area contributed by atoms with Gasteiger partial charge in [-0.2, -0.15) is 0 Å². The standard InChI is InChI=1S/C19H21N3O2/c1-5-9-13-12(3)20-18-17(14-10-7-8-11-16(14)24-4)15(6-2)21-22(18)19(13)23/h5,7-8,10-11,21H,1,6,9H2,2-4H3. The third-order valence-electron chi connectivity index (χ3n) is 4.23. The third kappa shape index (κ3) is 2.42. The van der Waals surface area contributed by atoms with Gasteiger partial charge >= 0.3 is 0 Å².